The predicted molar refractivity (Wildman–Crippen MR) is 72.3 cm³/mol. The summed E-state index contributed by atoms with van der Waals surface area (Å²) in [6.07, 6.45) is -3.59. The molecule has 0 aliphatic rings. The van der Waals surface area contributed by atoms with Crippen LogP contribution in [-0.4, -0.2) is 10.2 Å². The molecule has 19 heavy (non-hydrogen) atoms. The van der Waals surface area contributed by atoms with E-state index in [-0.39, 0.29) is 10.4 Å². The average molecular weight is 351 g/mol. The van der Waals surface area contributed by atoms with Crippen molar-refractivity contribution in [3.8, 4) is 10.6 Å². The number of rotatable bonds is 3. The summed E-state index contributed by atoms with van der Waals surface area (Å²) in [4.78, 5) is 0.0248. The fraction of sp³-hybridized carbons (Fsp3) is 0.333. The fourth-order valence-electron chi connectivity index (χ4n) is 1.56. The normalized spacial score (nSPS) is 13.5. The number of alkyl halides is 4. The molecular weight excluding hydrogens is 341 g/mol. The average Bonchev–Trinajstić information content (AvgIpc) is 2.86. The first kappa shape index (κ1) is 14.5. The molecule has 0 saturated carbocycles. The number of nitrogens with zero attached hydrogens (tertiary/aromatic N) is 2. The van der Waals surface area contributed by atoms with Gasteiger partial charge in [-0.05, 0) is 12.5 Å². The molecule has 0 aliphatic heterocycles. The lowest BCUT2D eigenvalue weighted by atomic mass is 10.1. The highest BCUT2D eigenvalue weighted by Crippen LogP contribution is 2.39. The summed E-state index contributed by atoms with van der Waals surface area (Å²) in [6, 6.07) is 5.41. The molecule has 0 fully saturated rings. The molecule has 0 N–H and O–H groups in total. The van der Waals surface area contributed by atoms with Crippen molar-refractivity contribution in [1.29, 1.82) is 0 Å². The van der Waals surface area contributed by atoms with Crippen LogP contribution in [0, 0.1) is 0 Å². The first-order valence-electron chi connectivity index (χ1n) is 5.57. The zero-order chi connectivity index (χ0) is 14.0. The Kier molecular flexibility index (Phi) is 4.25. The number of benzene rings is 1. The van der Waals surface area contributed by atoms with E-state index >= 15 is 0 Å². The van der Waals surface area contributed by atoms with Crippen LogP contribution in [0.3, 0.4) is 0 Å². The minimum absolute atomic E-state index is 0.0248. The third-order valence-corrected chi connectivity index (χ3v) is 4.98. The van der Waals surface area contributed by atoms with Crippen molar-refractivity contribution < 1.29 is 13.2 Å². The topological polar surface area (TPSA) is 25.8 Å². The van der Waals surface area contributed by atoms with Gasteiger partial charge in [-0.15, -0.1) is 10.2 Å². The Morgan fingerprint density at radius 3 is 2.58 bits per heavy atom. The Bertz CT molecular complexity index is 568. The van der Waals surface area contributed by atoms with Gasteiger partial charge in [-0.25, -0.2) is 0 Å². The summed E-state index contributed by atoms with van der Waals surface area (Å²) in [6.45, 7) is 1.96. The van der Waals surface area contributed by atoms with Gasteiger partial charge in [0.1, 0.15) is 10.0 Å². The molecule has 7 heteroatoms. The zero-order valence-electron chi connectivity index (χ0n) is 9.91. The molecule has 2 aromatic rings. The van der Waals surface area contributed by atoms with Crippen LogP contribution in [0.2, 0.25) is 0 Å². The zero-order valence-corrected chi connectivity index (χ0v) is 12.3. The molecule has 0 aliphatic carbocycles. The van der Waals surface area contributed by atoms with Crippen LogP contribution < -0.4 is 0 Å². The minimum atomic E-state index is -4.39. The van der Waals surface area contributed by atoms with Gasteiger partial charge in [0.15, 0.2) is 0 Å². The molecule has 1 aromatic carbocycles. The summed E-state index contributed by atoms with van der Waals surface area (Å²) >= 11 is 4.59. The second kappa shape index (κ2) is 5.58. The van der Waals surface area contributed by atoms with Crippen molar-refractivity contribution in [2.75, 3.05) is 0 Å². The minimum Gasteiger partial charge on any atom is -0.166 e. The van der Waals surface area contributed by atoms with Crippen molar-refractivity contribution in [1.82, 2.24) is 10.2 Å². The molecule has 1 aromatic heterocycles. The molecule has 0 bridgehead atoms. The maximum atomic E-state index is 12.9. The van der Waals surface area contributed by atoms with Crippen molar-refractivity contribution in [3.63, 3.8) is 0 Å². The Morgan fingerprint density at radius 2 is 1.95 bits per heavy atom. The summed E-state index contributed by atoms with van der Waals surface area (Å²) in [7, 11) is 0. The molecule has 2 rings (SSSR count). The molecule has 0 saturated heterocycles. The monoisotopic (exact) mass is 350 g/mol. The van der Waals surface area contributed by atoms with Gasteiger partial charge in [-0.1, -0.05) is 52.4 Å². The largest absolute Gasteiger partial charge is 0.417 e. The van der Waals surface area contributed by atoms with E-state index in [1.165, 1.54) is 23.5 Å². The molecular formula is C12H10BrF3N2S. The van der Waals surface area contributed by atoms with Gasteiger partial charge in [0, 0.05) is 5.56 Å². The van der Waals surface area contributed by atoms with E-state index < -0.39 is 11.7 Å². The number of hydrogen-bond acceptors (Lipinski definition) is 3. The predicted octanol–water partition coefficient (Wildman–Crippen LogP) is 5.07. The third kappa shape index (κ3) is 3.14. The molecule has 2 nitrogen and oxygen atoms in total. The summed E-state index contributed by atoms with van der Waals surface area (Å²) in [5, 5.41) is 8.79. The molecule has 0 spiro atoms. The second-order valence-electron chi connectivity index (χ2n) is 3.86. The molecule has 0 amide bonds. The first-order chi connectivity index (χ1) is 8.93. The van der Waals surface area contributed by atoms with Crippen LogP contribution in [0.1, 0.15) is 28.7 Å². The summed E-state index contributed by atoms with van der Waals surface area (Å²) in [5.41, 5.74) is -0.602. The lowest BCUT2D eigenvalue weighted by molar-refractivity contribution is -0.137. The van der Waals surface area contributed by atoms with Crippen molar-refractivity contribution in [2.24, 2.45) is 0 Å². The Balaban J connectivity index is 2.45. The maximum Gasteiger partial charge on any atom is 0.417 e. The highest BCUT2D eigenvalue weighted by Gasteiger charge is 2.34. The number of halogens is 4. The van der Waals surface area contributed by atoms with E-state index in [1.54, 1.807) is 6.07 Å². The van der Waals surface area contributed by atoms with Crippen LogP contribution >= 0.6 is 27.3 Å². The number of aromatic nitrogens is 2. The van der Waals surface area contributed by atoms with Gasteiger partial charge in [-0.3, -0.25) is 0 Å². The molecule has 1 atom stereocenters. The van der Waals surface area contributed by atoms with Gasteiger partial charge in [0.05, 0.1) is 10.4 Å². The Labute approximate surface area is 120 Å². The van der Waals surface area contributed by atoms with Crippen LogP contribution in [0.5, 0.6) is 0 Å². The van der Waals surface area contributed by atoms with Crippen molar-refractivity contribution in [2.45, 2.75) is 24.3 Å². The van der Waals surface area contributed by atoms with Crippen molar-refractivity contribution in [3.05, 3.63) is 34.8 Å². The van der Waals surface area contributed by atoms with Crippen molar-refractivity contribution >= 4 is 27.3 Å². The van der Waals surface area contributed by atoms with Crippen LogP contribution in [0.4, 0.5) is 13.2 Å². The summed E-state index contributed by atoms with van der Waals surface area (Å²) in [5.74, 6) is 0. The quantitative estimate of drug-likeness (QED) is 0.722. The Hall–Kier alpha value is -0.950. The van der Waals surface area contributed by atoms with E-state index in [2.05, 4.69) is 26.1 Å². The van der Waals surface area contributed by atoms with Gasteiger partial charge < -0.3 is 0 Å². The highest BCUT2D eigenvalue weighted by molar-refractivity contribution is 9.09. The van der Waals surface area contributed by atoms with E-state index in [1.807, 2.05) is 6.92 Å². The molecule has 0 radical (unpaired) electrons. The SMILES string of the molecule is CCC(Br)c1nnc(-c2ccccc2C(F)(F)F)s1. The molecule has 102 valence electrons. The van der Waals surface area contributed by atoms with Crippen LogP contribution in [0.25, 0.3) is 10.6 Å². The van der Waals surface area contributed by atoms with Gasteiger partial charge in [0.25, 0.3) is 0 Å². The van der Waals surface area contributed by atoms with Gasteiger partial charge >= 0.3 is 6.18 Å². The van der Waals surface area contributed by atoms with E-state index in [0.717, 1.165) is 12.5 Å². The van der Waals surface area contributed by atoms with Gasteiger partial charge in [0.2, 0.25) is 0 Å². The number of hydrogen-bond donors (Lipinski definition) is 0. The van der Waals surface area contributed by atoms with E-state index in [4.69, 9.17) is 0 Å². The second-order valence-corrected chi connectivity index (χ2v) is 5.98. The van der Waals surface area contributed by atoms with Crippen LogP contribution in [0.15, 0.2) is 24.3 Å². The lowest BCUT2D eigenvalue weighted by Crippen LogP contribution is -2.06. The molecule has 1 heterocycles. The molecule has 1 unspecified atom stereocenters. The van der Waals surface area contributed by atoms with Crippen LogP contribution in [-0.2, 0) is 6.18 Å². The highest BCUT2D eigenvalue weighted by atomic mass is 79.9. The maximum absolute atomic E-state index is 12.9. The Morgan fingerprint density at radius 1 is 1.26 bits per heavy atom. The third-order valence-electron chi connectivity index (χ3n) is 2.53. The van der Waals surface area contributed by atoms with E-state index in [9.17, 15) is 13.2 Å². The van der Waals surface area contributed by atoms with Gasteiger partial charge in [-0.2, -0.15) is 13.2 Å². The standard InChI is InChI=1S/C12H10BrF3N2S/c1-2-9(13)11-18-17-10(19-11)7-5-3-4-6-8(7)12(14,15)16/h3-6,9H,2H2,1H3. The smallest absolute Gasteiger partial charge is 0.166 e. The summed E-state index contributed by atoms with van der Waals surface area (Å²) < 4.78 is 38.7. The van der Waals surface area contributed by atoms with E-state index in [0.29, 0.717) is 10.0 Å². The fourth-order valence-corrected chi connectivity index (χ4v) is 2.88. The first-order valence-corrected chi connectivity index (χ1v) is 7.30. The lowest BCUT2D eigenvalue weighted by Gasteiger charge is -2.10.